The van der Waals surface area contributed by atoms with Crippen LogP contribution in [0.25, 0.3) is 0 Å². The quantitative estimate of drug-likeness (QED) is 0.685. The highest BCUT2D eigenvalue weighted by molar-refractivity contribution is 7.84. The molecule has 4 nitrogen and oxygen atoms in total. The van der Waals surface area contributed by atoms with E-state index in [1.165, 1.54) is 0 Å². The summed E-state index contributed by atoms with van der Waals surface area (Å²) in [4.78, 5) is 8.90. The number of carbonyl (C=O) groups is 1. The third-order valence-electron chi connectivity index (χ3n) is 0.648. The average molecular weight is 221 g/mol. The molecule has 0 radical (unpaired) electrons. The number of carboxylic acids is 1. The van der Waals surface area contributed by atoms with Gasteiger partial charge in [0.25, 0.3) is 0 Å². The fourth-order valence-corrected chi connectivity index (χ4v) is 0.498. The first-order chi connectivity index (χ1) is 5.71. The fourth-order valence-electron chi connectivity index (χ4n) is 0.166. The van der Waals surface area contributed by atoms with Crippen LogP contribution in [0, 0.1) is 0 Å². The zero-order valence-electron chi connectivity index (χ0n) is 6.80. The molecular weight excluding hydrogens is 211 g/mol. The number of nitrogens with two attached hydrogens (primary N) is 1. The van der Waals surface area contributed by atoms with Crippen molar-refractivity contribution in [2.45, 2.75) is 6.18 Å². The number of aliphatic carboxylic acids is 1. The van der Waals surface area contributed by atoms with Gasteiger partial charge in [-0.05, 0) is 0 Å². The van der Waals surface area contributed by atoms with Crippen LogP contribution in [-0.4, -0.2) is 40.0 Å². The van der Waals surface area contributed by atoms with Crippen molar-refractivity contribution in [3.8, 4) is 0 Å². The molecule has 0 aliphatic rings. The van der Waals surface area contributed by atoms with Gasteiger partial charge in [0.05, 0.1) is 0 Å². The fraction of sp³-hybridized carbons (Fsp3) is 0.800. The maximum absolute atomic E-state index is 10.6. The van der Waals surface area contributed by atoms with Crippen molar-refractivity contribution in [1.29, 1.82) is 0 Å². The third-order valence-corrected chi connectivity index (χ3v) is 1.46. The Kier molecular flexibility index (Phi) is 7.82. The number of rotatable bonds is 2. The van der Waals surface area contributed by atoms with Crippen molar-refractivity contribution in [2.75, 3.05) is 18.6 Å². The zero-order chi connectivity index (χ0) is 11.1. The van der Waals surface area contributed by atoms with Gasteiger partial charge in [-0.2, -0.15) is 13.2 Å². The van der Waals surface area contributed by atoms with Gasteiger partial charge in [-0.25, -0.2) is 4.79 Å². The lowest BCUT2D eigenvalue weighted by Crippen LogP contribution is -2.21. The molecule has 0 spiro atoms. The van der Waals surface area contributed by atoms with E-state index in [1.807, 2.05) is 0 Å². The summed E-state index contributed by atoms with van der Waals surface area (Å²) < 4.78 is 41.8. The van der Waals surface area contributed by atoms with Crippen LogP contribution in [0.2, 0.25) is 0 Å². The first-order valence-electron chi connectivity index (χ1n) is 3.02. The van der Waals surface area contributed by atoms with Gasteiger partial charge in [0, 0.05) is 29.4 Å². The SMILES string of the molecule is CS(=O)CCN.O=C(O)C(F)(F)F. The molecule has 0 saturated carbocycles. The smallest absolute Gasteiger partial charge is 0.475 e. The molecule has 80 valence electrons. The Morgan fingerprint density at radius 3 is 1.85 bits per heavy atom. The van der Waals surface area contributed by atoms with Crippen molar-refractivity contribution in [3.05, 3.63) is 0 Å². The highest BCUT2D eigenvalue weighted by Crippen LogP contribution is 2.13. The molecule has 3 N–H and O–H groups in total. The molecule has 0 heterocycles. The number of hydrogen-bond donors (Lipinski definition) is 2. The summed E-state index contributed by atoms with van der Waals surface area (Å²) in [7, 11) is -0.691. The van der Waals surface area contributed by atoms with Gasteiger partial charge in [0.2, 0.25) is 0 Å². The van der Waals surface area contributed by atoms with Crippen molar-refractivity contribution in [2.24, 2.45) is 5.73 Å². The Morgan fingerprint density at radius 1 is 1.54 bits per heavy atom. The van der Waals surface area contributed by atoms with E-state index in [1.54, 1.807) is 6.26 Å². The van der Waals surface area contributed by atoms with E-state index in [0.717, 1.165) is 0 Å². The summed E-state index contributed by atoms with van der Waals surface area (Å²) in [5, 5.41) is 7.12. The van der Waals surface area contributed by atoms with Crippen LogP contribution >= 0.6 is 0 Å². The molecule has 0 bridgehead atoms. The molecule has 0 rings (SSSR count). The van der Waals surface area contributed by atoms with Crippen molar-refractivity contribution >= 4 is 16.8 Å². The molecule has 0 aromatic rings. The molecule has 13 heavy (non-hydrogen) atoms. The minimum Gasteiger partial charge on any atom is -0.475 e. The number of hydrogen-bond acceptors (Lipinski definition) is 3. The Bertz CT molecular complexity index is 182. The van der Waals surface area contributed by atoms with Gasteiger partial charge < -0.3 is 10.8 Å². The second-order valence-corrected chi connectivity index (χ2v) is 3.42. The summed E-state index contributed by atoms with van der Waals surface area (Å²) in [6.07, 6.45) is -3.44. The number of halogens is 3. The van der Waals surface area contributed by atoms with Gasteiger partial charge in [-0.1, -0.05) is 0 Å². The number of alkyl halides is 3. The molecule has 1 unspecified atom stereocenters. The van der Waals surface area contributed by atoms with E-state index >= 15 is 0 Å². The van der Waals surface area contributed by atoms with Gasteiger partial charge in [-0.3, -0.25) is 4.21 Å². The van der Waals surface area contributed by atoms with Gasteiger partial charge >= 0.3 is 12.1 Å². The van der Waals surface area contributed by atoms with E-state index in [0.29, 0.717) is 12.3 Å². The van der Waals surface area contributed by atoms with Crippen molar-refractivity contribution in [3.63, 3.8) is 0 Å². The molecule has 0 amide bonds. The Morgan fingerprint density at radius 2 is 1.85 bits per heavy atom. The molecular formula is C5H10F3NO3S. The lowest BCUT2D eigenvalue weighted by Gasteiger charge is -1.93. The highest BCUT2D eigenvalue weighted by atomic mass is 32.2. The van der Waals surface area contributed by atoms with E-state index < -0.39 is 22.9 Å². The van der Waals surface area contributed by atoms with E-state index in [9.17, 15) is 17.4 Å². The molecule has 0 aromatic heterocycles. The molecule has 1 atom stereocenters. The predicted molar refractivity (Wildman–Crippen MR) is 41.7 cm³/mol. The van der Waals surface area contributed by atoms with Crippen LogP contribution in [0.3, 0.4) is 0 Å². The first-order valence-corrected chi connectivity index (χ1v) is 4.74. The molecule has 8 heteroatoms. The average Bonchev–Trinajstić information content (AvgIpc) is 1.85. The summed E-state index contributed by atoms with van der Waals surface area (Å²) in [5.41, 5.74) is 5.04. The third kappa shape index (κ3) is 14.2. The van der Waals surface area contributed by atoms with Gasteiger partial charge in [0.1, 0.15) is 0 Å². The Hall–Kier alpha value is -0.630. The van der Waals surface area contributed by atoms with Crippen molar-refractivity contribution in [1.82, 2.24) is 0 Å². The monoisotopic (exact) mass is 221 g/mol. The van der Waals surface area contributed by atoms with E-state index in [-0.39, 0.29) is 0 Å². The summed E-state index contributed by atoms with van der Waals surface area (Å²) in [5.74, 6) is -2.13. The second kappa shape index (κ2) is 6.84. The minimum atomic E-state index is -5.08. The molecule has 0 aliphatic carbocycles. The normalized spacial score (nSPS) is 12.7. The van der Waals surface area contributed by atoms with Crippen molar-refractivity contribution < 1.29 is 27.3 Å². The lowest BCUT2D eigenvalue weighted by molar-refractivity contribution is -0.192. The zero-order valence-corrected chi connectivity index (χ0v) is 7.61. The predicted octanol–water partition coefficient (Wildman–Crippen LogP) is -0.0431. The van der Waals surface area contributed by atoms with Gasteiger partial charge in [0.15, 0.2) is 0 Å². The van der Waals surface area contributed by atoms with E-state index in [4.69, 9.17) is 15.6 Å². The van der Waals surface area contributed by atoms with Crippen LogP contribution in [0.4, 0.5) is 13.2 Å². The molecule has 0 fully saturated rings. The first kappa shape index (κ1) is 14.9. The van der Waals surface area contributed by atoms with E-state index in [2.05, 4.69) is 0 Å². The lowest BCUT2D eigenvalue weighted by atomic mass is 10.7. The summed E-state index contributed by atoms with van der Waals surface area (Å²) in [6.45, 7) is 0.531. The second-order valence-electron chi connectivity index (χ2n) is 1.87. The standard InChI is InChI=1S/C3H9NOS.C2HF3O2/c1-6(5)3-2-4;3-2(4,5)1(6)7/h2-4H2,1H3;(H,6,7). The van der Waals surface area contributed by atoms with Crippen LogP contribution < -0.4 is 5.73 Å². The maximum atomic E-state index is 10.6. The van der Waals surface area contributed by atoms with Crippen LogP contribution in [0.5, 0.6) is 0 Å². The Balaban J connectivity index is 0. The Labute approximate surface area is 75.4 Å². The van der Waals surface area contributed by atoms with Crippen LogP contribution in [-0.2, 0) is 15.6 Å². The van der Waals surface area contributed by atoms with Gasteiger partial charge in [-0.15, -0.1) is 0 Å². The largest absolute Gasteiger partial charge is 0.490 e. The molecule has 0 aliphatic heterocycles. The molecule has 0 aromatic carbocycles. The highest BCUT2D eigenvalue weighted by Gasteiger charge is 2.38. The van der Waals surface area contributed by atoms with Crippen LogP contribution in [0.15, 0.2) is 0 Å². The van der Waals surface area contributed by atoms with Crippen LogP contribution in [0.1, 0.15) is 0 Å². The minimum absolute atomic E-state index is 0.531. The maximum Gasteiger partial charge on any atom is 0.490 e. The topological polar surface area (TPSA) is 80.4 Å². The summed E-state index contributed by atoms with van der Waals surface area (Å²) in [6, 6.07) is 0. The summed E-state index contributed by atoms with van der Waals surface area (Å²) >= 11 is 0. The molecule has 0 saturated heterocycles. The number of carboxylic acid groups (broad SMARTS) is 1.